The van der Waals surface area contributed by atoms with E-state index < -0.39 is 0 Å². The Kier molecular flexibility index (Phi) is 3.58. The predicted molar refractivity (Wildman–Crippen MR) is 53.4 cm³/mol. The quantitative estimate of drug-likeness (QED) is 0.811. The van der Waals surface area contributed by atoms with Crippen LogP contribution in [0, 0.1) is 0 Å². The number of halogens is 1. The van der Waals surface area contributed by atoms with Gasteiger partial charge in [0.15, 0.2) is 0 Å². The van der Waals surface area contributed by atoms with Crippen LogP contribution in [-0.4, -0.2) is 18.3 Å². The van der Waals surface area contributed by atoms with Gasteiger partial charge in [0.05, 0.1) is 13.2 Å². The highest BCUT2D eigenvalue weighted by Gasteiger charge is 2.05. The number of benzene rings is 1. The zero-order valence-corrected chi connectivity index (χ0v) is 8.51. The molecule has 2 nitrogen and oxygen atoms in total. The maximum absolute atomic E-state index is 9.19. The zero-order chi connectivity index (χ0) is 9.84. The van der Waals surface area contributed by atoms with Crippen LogP contribution in [0.3, 0.4) is 0 Å². The van der Waals surface area contributed by atoms with Crippen LogP contribution in [0.5, 0.6) is 5.75 Å². The molecule has 1 rings (SSSR count). The second kappa shape index (κ2) is 4.49. The summed E-state index contributed by atoms with van der Waals surface area (Å²) in [6.45, 7) is 1.73. The molecule has 1 aromatic rings. The standard InChI is InChI=1S/C10H13ClO2/c1-7(12)5-8-6-9(13-2)3-4-10(8)11/h3-4,6-7,12H,5H2,1-2H3. The summed E-state index contributed by atoms with van der Waals surface area (Å²) in [7, 11) is 1.61. The highest BCUT2D eigenvalue weighted by Crippen LogP contribution is 2.22. The Morgan fingerprint density at radius 2 is 2.23 bits per heavy atom. The normalized spacial score (nSPS) is 12.6. The van der Waals surface area contributed by atoms with Crippen molar-refractivity contribution in [3.63, 3.8) is 0 Å². The highest BCUT2D eigenvalue weighted by molar-refractivity contribution is 6.31. The molecule has 0 amide bonds. The lowest BCUT2D eigenvalue weighted by molar-refractivity contribution is 0.195. The molecule has 1 N–H and O–H groups in total. The largest absolute Gasteiger partial charge is 0.497 e. The van der Waals surface area contributed by atoms with Crippen LogP contribution in [0.1, 0.15) is 12.5 Å². The van der Waals surface area contributed by atoms with E-state index in [1.54, 1.807) is 26.2 Å². The number of aliphatic hydroxyl groups is 1. The van der Waals surface area contributed by atoms with Crippen LogP contribution >= 0.6 is 11.6 Å². The first-order valence-electron chi connectivity index (χ1n) is 4.14. The average Bonchev–Trinajstić information content (AvgIpc) is 2.08. The molecule has 0 heterocycles. The van der Waals surface area contributed by atoms with E-state index >= 15 is 0 Å². The summed E-state index contributed by atoms with van der Waals surface area (Å²) in [5, 5.41) is 9.86. The van der Waals surface area contributed by atoms with Gasteiger partial charge in [-0.05, 0) is 37.1 Å². The lowest BCUT2D eigenvalue weighted by atomic mass is 10.1. The fourth-order valence-electron chi connectivity index (χ4n) is 1.15. The molecule has 0 fully saturated rings. The van der Waals surface area contributed by atoms with E-state index in [0.29, 0.717) is 11.4 Å². The van der Waals surface area contributed by atoms with Gasteiger partial charge in [-0.3, -0.25) is 0 Å². The van der Waals surface area contributed by atoms with Gasteiger partial charge >= 0.3 is 0 Å². The third-order valence-corrected chi connectivity index (χ3v) is 2.14. The van der Waals surface area contributed by atoms with Crippen LogP contribution in [0.25, 0.3) is 0 Å². The fraction of sp³-hybridized carbons (Fsp3) is 0.400. The van der Waals surface area contributed by atoms with Crippen LogP contribution in [0.4, 0.5) is 0 Å². The van der Waals surface area contributed by atoms with Gasteiger partial charge in [0.1, 0.15) is 5.75 Å². The van der Waals surface area contributed by atoms with Crippen LogP contribution in [0.15, 0.2) is 18.2 Å². The Bertz CT molecular complexity index is 284. The molecule has 0 aliphatic heterocycles. The number of ether oxygens (including phenoxy) is 1. The van der Waals surface area contributed by atoms with Crippen molar-refractivity contribution in [2.75, 3.05) is 7.11 Å². The van der Waals surface area contributed by atoms with E-state index in [1.807, 2.05) is 6.07 Å². The summed E-state index contributed by atoms with van der Waals surface area (Å²) in [4.78, 5) is 0. The van der Waals surface area contributed by atoms with E-state index in [2.05, 4.69) is 0 Å². The molecule has 0 aliphatic rings. The first-order valence-corrected chi connectivity index (χ1v) is 4.51. The molecule has 3 heteroatoms. The molecule has 0 saturated heterocycles. The van der Waals surface area contributed by atoms with Crippen molar-refractivity contribution in [1.82, 2.24) is 0 Å². The highest BCUT2D eigenvalue weighted by atomic mass is 35.5. The number of hydrogen-bond acceptors (Lipinski definition) is 2. The maximum Gasteiger partial charge on any atom is 0.119 e. The number of methoxy groups -OCH3 is 1. The molecule has 72 valence electrons. The molecule has 0 bridgehead atoms. The van der Waals surface area contributed by atoms with Crippen LogP contribution < -0.4 is 4.74 Å². The first-order chi connectivity index (χ1) is 6.13. The SMILES string of the molecule is COc1ccc(Cl)c(CC(C)O)c1. The minimum atomic E-state index is -0.385. The second-order valence-electron chi connectivity index (χ2n) is 3.01. The van der Waals surface area contributed by atoms with Gasteiger partial charge in [-0.1, -0.05) is 11.6 Å². The summed E-state index contributed by atoms with van der Waals surface area (Å²) in [5.41, 5.74) is 0.913. The van der Waals surface area contributed by atoms with E-state index in [4.69, 9.17) is 16.3 Å². The van der Waals surface area contributed by atoms with Gasteiger partial charge in [-0.15, -0.1) is 0 Å². The number of aliphatic hydroxyl groups excluding tert-OH is 1. The van der Waals surface area contributed by atoms with Crippen LogP contribution in [-0.2, 0) is 6.42 Å². The van der Waals surface area contributed by atoms with E-state index in [-0.39, 0.29) is 6.10 Å². The Morgan fingerprint density at radius 1 is 1.54 bits per heavy atom. The molecule has 13 heavy (non-hydrogen) atoms. The lowest BCUT2D eigenvalue weighted by Gasteiger charge is -2.08. The van der Waals surface area contributed by atoms with Gasteiger partial charge in [0, 0.05) is 5.02 Å². The molecule has 0 spiro atoms. The Hall–Kier alpha value is -0.730. The van der Waals surface area contributed by atoms with Gasteiger partial charge in [0.2, 0.25) is 0 Å². The third kappa shape index (κ3) is 2.90. The molecular weight excluding hydrogens is 188 g/mol. The first kappa shape index (κ1) is 10.4. The van der Waals surface area contributed by atoms with E-state index in [9.17, 15) is 5.11 Å². The molecule has 1 aromatic carbocycles. The Morgan fingerprint density at radius 3 is 2.77 bits per heavy atom. The van der Waals surface area contributed by atoms with Gasteiger partial charge in [-0.25, -0.2) is 0 Å². The van der Waals surface area contributed by atoms with Crippen molar-refractivity contribution in [3.05, 3.63) is 28.8 Å². The third-order valence-electron chi connectivity index (χ3n) is 1.77. The smallest absolute Gasteiger partial charge is 0.119 e. The maximum atomic E-state index is 9.19. The minimum absolute atomic E-state index is 0.385. The molecule has 1 unspecified atom stereocenters. The topological polar surface area (TPSA) is 29.5 Å². The van der Waals surface area contributed by atoms with Crippen molar-refractivity contribution in [2.24, 2.45) is 0 Å². The summed E-state index contributed by atoms with van der Waals surface area (Å²) in [5.74, 6) is 0.764. The van der Waals surface area contributed by atoms with Gasteiger partial charge < -0.3 is 9.84 Å². The summed E-state index contributed by atoms with van der Waals surface area (Å²) >= 11 is 5.93. The fourth-order valence-corrected chi connectivity index (χ4v) is 1.35. The lowest BCUT2D eigenvalue weighted by Crippen LogP contribution is -2.04. The molecule has 0 aromatic heterocycles. The summed E-state index contributed by atoms with van der Waals surface area (Å²) in [6, 6.07) is 5.42. The second-order valence-corrected chi connectivity index (χ2v) is 3.42. The molecule has 0 aliphatic carbocycles. The number of hydrogen-bond donors (Lipinski definition) is 1. The molecule has 0 saturated carbocycles. The van der Waals surface area contributed by atoms with Crippen molar-refractivity contribution in [3.8, 4) is 5.75 Å². The van der Waals surface area contributed by atoms with Crippen molar-refractivity contribution in [1.29, 1.82) is 0 Å². The van der Waals surface area contributed by atoms with Crippen molar-refractivity contribution < 1.29 is 9.84 Å². The van der Waals surface area contributed by atoms with E-state index in [0.717, 1.165) is 11.3 Å². The average molecular weight is 201 g/mol. The molecular formula is C10H13ClO2. The van der Waals surface area contributed by atoms with E-state index in [1.165, 1.54) is 0 Å². The zero-order valence-electron chi connectivity index (χ0n) is 7.75. The number of rotatable bonds is 3. The molecule has 1 atom stereocenters. The van der Waals surface area contributed by atoms with Gasteiger partial charge in [0.25, 0.3) is 0 Å². The predicted octanol–water partition coefficient (Wildman–Crippen LogP) is 2.27. The molecule has 0 radical (unpaired) electrons. The Labute approximate surface area is 83.1 Å². The van der Waals surface area contributed by atoms with Crippen LogP contribution in [0.2, 0.25) is 5.02 Å². The Balaban J connectivity index is 2.90. The monoisotopic (exact) mass is 200 g/mol. The summed E-state index contributed by atoms with van der Waals surface area (Å²) in [6.07, 6.45) is 0.167. The van der Waals surface area contributed by atoms with Crippen molar-refractivity contribution in [2.45, 2.75) is 19.4 Å². The van der Waals surface area contributed by atoms with Crippen molar-refractivity contribution >= 4 is 11.6 Å². The summed E-state index contributed by atoms with van der Waals surface area (Å²) < 4.78 is 5.05. The van der Waals surface area contributed by atoms with Gasteiger partial charge in [-0.2, -0.15) is 0 Å². The minimum Gasteiger partial charge on any atom is -0.497 e.